The third-order valence-electron chi connectivity index (χ3n) is 14.3. The molecule has 0 bridgehead atoms. The number of halogens is 12. The van der Waals surface area contributed by atoms with Crippen LogP contribution in [0.5, 0.6) is 0 Å². The van der Waals surface area contributed by atoms with Crippen molar-refractivity contribution in [3.8, 4) is 0 Å². The van der Waals surface area contributed by atoms with E-state index in [2.05, 4.69) is 29.6 Å². The Morgan fingerprint density at radius 2 is 0.973 bits per heavy atom. The van der Waals surface area contributed by atoms with Gasteiger partial charge in [-0.25, -0.2) is 33.4 Å². The number of aromatic nitrogens is 6. The molecule has 4 aromatic heterocycles. The van der Waals surface area contributed by atoms with E-state index in [1.54, 1.807) is 41.6 Å². The quantitative estimate of drug-likeness (QED) is 0.182. The van der Waals surface area contributed by atoms with E-state index >= 15 is 0 Å². The maximum atomic E-state index is 13.8. The van der Waals surface area contributed by atoms with Gasteiger partial charge in [0.15, 0.2) is 22.7 Å². The van der Waals surface area contributed by atoms with E-state index in [0.29, 0.717) is 66.5 Å². The van der Waals surface area contributed by atoms with Crippen LogP contribution in [0.3, 0.4) is 0 Å². The SMILES string of the molecule is O=C(O)c1c(C2CC2)nc2cccnn12.O=C(OC(C(F)(F)F)C(F)(F)F)N1CCC2(CCCC2)CC1.O=C(OC(C(F)(F)F)C(F)(F)F)N1CCC2(CCCN2C(=O)c2c(C3CC3)nc3cccnn23)CC1. The predicted octanol–water partition coefficient (Wildman–Crippen LogP) is 9.88. The number of aromatic carboxylic acids is 1. The molecule has 0 radical (unpaired) electrons. The zero-order valence-electron chi connectivity index (χ0n) is 38.7. The van der Waals surface area contributed by atoms with Gasteiger partial charge in [-0.1, -0.05) is 12.8 Å². The third-order valence-corrected chi connectivity index (χ3v) is 14.3. The van der Waals surface area contributed by atoms with Crippen molar-refractivity contribution in [3.63, 3.8) is 0 Å². The summed E-state index contributed by atoms with van der Waals surface area (Å²) in [7, 11) is 0. The normalized spacial score (nSPS) is 20.1. The van der Waals surface area contributed by atoms with Crippen LogP contribution in [0.1, 0.15) is 134 Å². The number of ether oxygens (including phenoxy) is 2. The molecule has 0 unspecified atom stereocenters. The van der Waals surface area contributed by atoms with Gasteiger partial charge in [-0.2, -0.15) is 62.9 Å². The van der Waals surface area contributed by atoms with E-state index in [9.17, 15) is 71.9 Å². The standard InChI is InChI=1S/C22H23F6N5O3.C13H17F6NO2.C10H9N3O2/c23-21(24,25)18(22(26,27)28)36-19(35)31-11-7-20(8-12-31)6-2-10-32(20)17(34)16-15(13-4-5-13)30-14-3-1-9-29-33(14)16;14-12(15,16)9(13(17,18)19)22-10(21)20-7-5-11(6-8-20)3-1-2-4-11;14-10(15)9-8(6-3-4-6)12-7-2-1-5-11-13(7)9/h1,3,9,13,18H,2,4-8,10-12H2;9H,1-8H2;1-2,5-6H,3-4H2,(H,14,15). The lowest BCUT2D eigenvalue weighted by Gasteiger charge is -2.44. The van der Waals surface area contributed by atoms with E-state index in [4.69, 9.17) is 5.11 Å². The number of likely N-dealkylation sites (tertiary alicyclic amines) is 3. The summed E-state index contributed by atoms with van der Waals surface area (Å²) >= 11 is 0. The number of piperidine rings is 2. The highest BCUT2D eigenvalue weighted by Crippen LogP contribution is 2.48. The second-order valence-electron chi connectivity index (χ2n) is 19.3. The Kier molecular flexibility index (Phi) is 14.5. The van der Waals surface area contributed by atoms with Crippen LogP contribution in [0.25, 0.3) is 11.3 Å². The van der Waals surface area contributed by atoms with Gasteiger partial charge in [0.05, 0.1) is 11.4 Å². The van der Waals surface area contributed by atoms with Crippen molar-refractivity contribution in [2.24, 2.45) is 5.41 Å². The second kappa shape index (κ2) is 20.0. The van der Waals surface area contributed by atoms with E-state index in [0.717, 1.165) is 61.2 Å². The fraction of sp³-hybridized carbons (Fsp3) is 0.644. The molecule has 2 spiro atoms. The highest BCUT2D eigenvalue weighted by atomic mass is 19.4. The molecule has 0 aromatic carbocycles. The summed E-state index contributed by atoms with van der Waals surface area (Å²) in [4.78, 5) is 61.1. The predicted molar refractivity (Wildman–Crippen MR) is 227 cm³/mol. The summed E-state index contributed by atoms with van der Waals surface area (Å²) in [5.41, 5.74) is 2.57. The van der Waals surface area contributed by atoms with Crippen LogP contribution >= 0.6 is 0 Å². The molecule has 3 saturated heterocycles. The maximum absolute atomic E-state index is 13.8. The summed E-state index contributed by atoms with van der Waals surface area (Å²) in [6.07, 6.45) is -20.3. The molecule has 6 fully saturated rings. The van der Waals surface area contributed by atoms with Crippen molar-refractivity contribution in [1.29, 1.82) is 0 Å². The van der Waals surface area contributed by atoms with Crippen LogP contribution < -0.4 is 0 Å². The summed E-state index contributed by atoms with van der Waals surface area (Å²) in [6, 6.07) is 7.01. The number of rotatable bonds is 6. The van der Waals surface area contributed by atoms with Crippen molar-refractivity contribution in [3.05, 3.63) is 59.4 Å². The molecule has 7 heterocycles. The minimum absolute atomic E-state index is 0.101. The molecule has 10 rings (SSSR count). The van der Waals surface area contributed by atoms with Crippen LogP contribution in [0.15, 0.2) is 36.7 Å². The lowest BCUT2D eigenvalue weighted by Crippen LogP contribution is -2.56. The van der Waals surface area contributed by atoms with Crippen LogP contribution in [0, 0.1) is 5.41 Å². The summed E-state index contributed by atoms with van der Waals surface area (Å²) < 4.78 is 161. The van der Waals surface area contributed by atoms with Gasteiger partial charge in [-0.05, 0) is 107 Å². The largest absolute Gasteiger partial charge is 0.476 e. The average Bonchev–Trinajstić information content (AvgIpc) is 4.18. The Balaban J connectivity index is 0.000000162. The number of imidazole rings is 2. The first-order valence-electron chi connectivity index (χ1n) is 23.6. The highest BCUT2D eigenvalue weighted by Gasteiger charge is 2.62. The third kappa shape index (κ3) is 11.7. The van der Waals surface area contributed by atoms with Crippen LogP contribution in [-0.4, -0.2) is 148 Å². The smallest absolute Gasteiger partial charge is 0.434 e. The number of amides is 3. The zero-order valence-corrected chi connectivity index (χ0v) is 38.7. The minimum atomic E-state index is -5.78. The van der Waals surface area contributed by atoms with E-state index in [-0.39, 0.29) is 62.0 Å². The van der Waals surface area contributed by atoms with Crippen LogP contribution in [-0.2, 0) is 9.47 Å². The fourth-order valence-electron chi connectivity index (χ4n) is 10.3. The number of carboxylic acids is 1. The maximum Gasteiger partial charge on any atom is 0.434 e. The number of hydrogen-bond donors (Lipinski definition) is 1. The van der Waals surface area contributed by atoms with E-state index < -0.39 is 60.6 Å². The molecule has 4 aromatic rings. The molecule has 3 amide bonds. The first-order chi connectivity index (χ1) is 34.2. The second-order valence-corrected chi connectivity index (χ2v) is 19.3. The van der Waals surface area contributed by atoms with E-state index in [1.807, 2.05) is 0 Å². The van der Waals surface area contributed by atoms with Gasteiger partial charge in [0.2, 0.25) is 0 Å². The molecule has 6 aliphatic rings. The number of carboxylic acid groups (broad SMARTS) is 1. The zero-order chi connectivity index (χ0) is 52.9. The van der Waals surface area contributed by atoms with Crippen molar-refractivity contribution in [2.75, 3.05) is 32.7 Å². The van der Waals surface area contributed by atoms with Gasteiger partial charge in [0.1, 0.15) is 0 Å². The summed E-state index contributed by atoms with van der Waals surface area (Å²) in [6.45, 7) is 0.456. The Bertz CT molecular complexity index is 2630. The van der Waals surface area contributed by atoms with Crippen LogP contribution in [0.4, 0.5) is 62.3 Å². The molecule has 28 heteroatoms. The number of fused-ring (bicyclic) bond motifs is 2. The summed E-state index contributed by atoms with van der Waals surface area (Å²) in [5, 5.41) is 17.4. The Labute approximate surface area is 406 Å². The molecule has 73 heavy (non-hydrogen) atoms. The monoisotopic (exact) mass is 1060 g/mol. The number of carbonyl (C=O) groups excluding carboxylic acids is 3. The lowest BCUT2D eigenvalue weighted by atomic mass is 9.77. The first-order valence-corrected chi connectivity index (χ1v) is 23.6. The Morgan fingerprint density at radius 3 is 1.38 bits per heavy atom. The molecular formula is C45H49F12N9O7. The Morgan fingerprint density at radius 1 is 0.562 bits per heavy atom. The van der Waals surface area contributed by atoms with Gasteiger partial charge < -0.3 is 29.3 Å². The number of carbonyl (C=O) groups is 4. The Hall–Kier alpha value is -6.12. The molecule has 3 aliphatic carbocycles. The van der Waals surface area contributed by atoms with Crippen molar-refractivity contribution in [1.82, 2.24) is 43.9 Å². The van der Waals surface area contributed by atoms with Gasteiger partial charge in [-0.3, -0.25) is 4.79 Å². The topological polar surface area (TPSA) is 177 Å². The minimum Gasteiger partial charge on any atom is -0.476 e. The number of alkyl halides is 12. The number of nitrogens with zero attached hydrogens (tertiary/aromatic N) is 9. The van der Waals surface area contributed by atoms with Crippen molar-refractivity contribution in [2.45, 2.75) is 144 Å². The van der Waals surface area contributed by atoms with Gasteiger partial charge in [0, 0.05) is 62.5 Å². The highest BCUT2D eigenvalue weighted by molar-refractivity contribution is 5.95. The van der Waals surface area contributed by atoms with Crippen molar-refractivity contribution < 1.29 is 86.4 Å². The lowest BCUT2D eigenvalue weighted by molar-refractivity contribution is -0.309. The first kappa shape index (κ1) is 53.2. The molecular weight excluding hydrogens is 1010 g/mol. The summed E-state index contributed by atoms with van der Waals surface area (Å²) in [5.74, 6) is -0.720. The van der Waals surface area contributed by atoms with Gasteiger partial charge in [-0.15, -0.1) is 0 Å². The molecule has 3 saturated carbocycles. The van der Waals surface area contributed by atoms with Gasteiger partial charge >= 0.3 is 42.9 Å². The average molecular weight is 1060 g/mol. The van der Waals surface area contributed by atoms with E-state index in [1.165, 1.54) is 9.03 Å². The van der Waals surface area contributed by atoms with Gasteiger partial charge in [0.25, 0.3) is 18.1 Å². The van der Waals surface area contributed by atoms with Crippen molar-refractivity contribution >= 4 is 35.4 Å². The molecule has 0 atom stereocenters. The fourth-order valence-corrected chi connectivity index (χ4v) is 10.3. The number of hydrogen-bond acceptors (Lipinski definition) is 10. The molecule has 3 aliphatic heterocycles. The molecule has 1 N–H and O–H groups in total. The molecule has 16 nitrogen and oxygen atoms in total. The molecule has 400 valence electrons. The van der Waals surface area contributed by atoms with Crippen LogP contribution in [0.2, 0.25) is 0 Å².